The lowest BCUT2D eigenvalue weighted by atomic mass is 10.0. The van der Waals surface area contributed by atoms with E-state index in [0.29, 0.717) is 11.6 Å². The van der Waals surface area contributed by atoms with E-state index in [1.165, 1.54) is 5.56 Å². The van der Waals surface area contributed by atoms with Gasteiger partial charge in [-0.1, -0.05) is 12.1 Å². The molecule has 0 heterocycles. The Morgan fingerprint density at radius 2 is 1.79 bits per heavy atom. The summed E-state index contributed by atoms with van der Waals surface area (Å²) in [5, 5.41) is 2.48. The third-order valence-electron chi connectivity index (χ3n) is 4.18. The summed E-state index contributed by atoms with van der Waals surface area (Å²) in [7, 11) is 0. The van der Waals surface area contributed by atoms with Crippen molar-refractivity contribution < 1.29 is 22.4 Å². The minimum atomic E-state index is -4.67. The zero-order chi connectivity index (χ0) is 17.3. The van der Waals surface area contributed by atoms with Crippen molar-refractivity contribution in [3.05, 3.63) is 70.0 Å². The monoisotopic (exact) mass is 337 g/mol. The highest BCUT2D eigenvalue weighted by Gasteiger charge is 2.33. The van der Waals surface area contributed by atoms with E-state index < -0.39 is 23.5 Å². The summed E-state index contributed by atoms with van der Waals surface area (Å²) in [5.41, 5.74) is 1.51. The second-order valence-electron chi connectivity index (χ2n) is 5.82. The predicted octanol–water partition coefficient (Wildman–Crippen LogP) is 4.26. The van der Waals surface area contributed by atoms with E-state index in [1.807, 2.05) is 6.07 Å². The Balaban J connectivity index is 1.75. The number of nitrogens with one attached hydrogen (secondary N) is 1. The van der Waals surface area contributed by atoms with E-state index >= 15 is 0 Å². The third-order valence-corrected chi connectivity index (χ3v) is 4.18. The van der Waals surface area contributed by atoms with Gasteiger partial charge in [-0.15, -0.1) is 0 Å². The van der Waals surface area contributed by atoms with E-state index in [-0.39, 0.29) is 12.1 Å². The fourth-order valence-corrected chi connectivity index (χ4v) is 2.96. The van der Waals surface area contributed by atoms with Crippen LogP contribution in [0.25, 0.3) is 0 Å². The first-order valence-electron chi connectivity index (χ1n) is 7.60. The second kappa shape index (κ2) is 6.26. The number of aryl methyl sites for hydroxylation is 2. The van der Waals surface area contributed by atoms with Crippen LogP contribution in [0.15, 0.2) is 36.4 Å². The minimum Gasteiger partial charge on any atom is -0.348 e. The normalized spacial score (nSPS) is 13.7. The van der Waals surface area contributed by atoms with Crippen molar-refractivity contribution in [1.29, 1.82) is 0 Å². The van der Waals surface area contributed by atoms with Gasteiger partial charge in [-0.3, -0.25) is 4.79 Å². The van der Waals surface area contributed by atoms with Gasteiger partial charge in [0.2, 0.25) is 0 Å². The molecule has 1 amide bonds. The van der Waals surface area contributed by atoms with Gasteiger partial charge in [0.05, 0.1) is 5.56 Å². The van der Waals surface area contributed by atoms with Gasteiger partial charge < -0.3 is 5.32 Å². The number of hydrogen-bond acceptors (Lipinski definition) is 1. The molecule has 0 saturated carbocycles. The molecule has 0 atom stereocenters. The fraction of sp³-hybridized carbons (Fsp3) is 0.278. The molecule has 6 heteroatoms. The van der Waals surface area contributed by atoms with Crippen LogP contribution >= 0.6 is 0 Å². The lowest BCUT2D eigenvalue weighted by molar-refractivity contribution is -0.138. The maximum atomic E-state index is 13.1. The van der Waals surface area contributed by atoms with Gasteiger partial charge in [0, 0.05) is 12.1 Å². The molecule has 1 aliphatic rings. The highest BCUT2D eigenvalue weighted by atomic mass is 19.4. The van der Waals surface area contributed by atoms with E-state index in [1.54, 1.807) is 12.1 Å². The highest BCUT2D eigenvalue weighted by Crippen LogP contribution is 2.32. The first-order chi connectivity index (χ1) is 11.3. The molecule has 1 aliphatic carbocycles. The molecule has 0 saturated heterocycles. The summed E-state index contributed by atoms with van der Waals surface area (Å²) in [5.74, 6) is -1.40. The number of amides is 1. The Morgan fingerprint density at radius 3 is 2.54 bits per heavy atom. The predicted molar refractivity (Wildman–Crippen MR) is 81.0 cm³/mol. The number of carbonyl (C=O) groups is 1. The molecule has 0 aromatic heterocycles. The molecule has 0 radical (unpaired) electrons. The van der Waals surface area contributed by atoms with Gasteiger partial charge in [0.1, 0.15) is 5.82 Å². The molecule has 126 valence electrons. The number of hydrogen-bond donors (Lipinski definition) is 1. The lowest BCUT2D eigenvalue weighted by Crippen LogP contribution is -2.24. The minimum absolute atomic E-state index is 0.168. The summed E-state index contributed by atoms with van der Waals surface area (Å²) in [6, 6.07) is 7.78. The topological polar surface area (TPSA) is 29.1 Å². The number of rotatable bonds is 3. The largest absolute Gasteiger partial charge is 0.416 e. The van der Waals surface area contributed by atoms with Gasteiger partial charge >= 0.3 is 6.18 Å². The molecule has 1 N–H and O–H groups in total. The molecule has 24 heavy (non-hydrogen) atoms. The Kier molecular flexibility index (Phi) is 4.30. The van der Waals surface area contributed by atoms with Crippen LogP contribution in [0.3, 0.4) is 0 Å². The van der Waals surface area contributed by atoms with Crippen molar-refractivity contribution in [3.8, 4) is 0 Å². The van der Waals surface area contributed by atoms with Crippen molar-refractivity contribution >= 4 is 5.91 Å². The first-order valence-corrected chi connectivity index (χ1v) is 7.60. The first kappa shape index (κ1) is 16.5. The molecule has 0 bridgehead atoms. The summed E-state index contributed by atoms with van der Waals surface area (Å²) in [4.78, 5) is 12.2. The molecule has 3 rings (SSSR count). The number of alkyl halides is 3. The van der Waals surface area contributed by atoms with Gasteiger partial charge in [0.15, 0.2) is 0 Å². The van der Waals surface area contributed by atoms with E-state index in [9.17, 15) is 22.4 Å². The fourth-order valence-electron chi connectivity index (χ4n) is 2.96. The van der Waals surface area contributed by atoms with Crippen molar-refractivity contribution in [3.63, 3.8) is 0 Å². The second-order valence-corrected chi connectivity index (χ2v) is 5.82. The molecule has 0 unspecified atom stereocenters. The van der Waals surface area contributed by atoms with E-state index in [0.717, 1.165) is 37.0 Å². The summed E-state index contributed by atoms with van der Waals surface area (Å²) in [6.45, 7) is -0.314. The SMILES string of the molecule is O=C(NCc1ccc(F)cc1C(F)(F)F)c1ccc2c(c1)CCC2. The van der Waals surface area contributed by atoms with Gasteiger partial charge in [-0.25, -0.2) is 4.39 Å². The van der Waals surface area contributed by atoms with Crippen molar-refractivity contribution in [2.75, 3.05) is 0 Å². The Bertz CT molecular complexity index is 783. The van der Waals surface area contributed by atoms with Crippen molar-refractivity contribution in [2.45, 2.75) is 32.0 Å². The summed E-state index contributed by atoms with van der Waals surface area (Å²) in [6.07, 6.45) is -1.73. The summed E-state index contributed by atoms with van der Waals surface area (Å²) >= 11 is 0. The van der Waals surface area contributed by atoms with Gasteiger partial charge in [-0.05, 0) is 60.2 Å². The van der Waals surface area contributed by atoms with Crippen LogP contribution in [0.2, 0.25) is 0 Å². The maximum Gasteiger partial charge on any atom is 0.416 e. The zero-order valence-corrected chi connectivity index (χ0v) is 12.7. The number of fused-ring (bicyclic) bond motifs is 1. The number of benzene rings is 2. The average molecular weight is 337 g/mol. The van der Waals surface area contributed by atoms with Gasteiger partial charge in [-0.2, -0.15) is 13.2 Å². The Labute approximate surface area is 136 Å². The van der Waals surface area contributed by atoms with Gasteiger partial charge in [0.25, 0.3) is 5.91 Å². The van der Waals surface area contributed by atoms with Crippen LogP contribution in [-0.2, 0) is 25.6 Å². The summed E-state index contributed by atoms with van der Waals surface area (Å²) < 4.78 is 51.9. The molecule has 2 nitrogen and oxygen atoms in total. The molecule has 0 spiro atoms. The highest BCUT2D eigenvalue weighted by molar-refractivity contribution is 5.94. The van der Waals surface area contributed by atoms with E-state index in [4.69, 9.17) is 0 Å². The van der Waals surface area contributed by atoms with Crippen molar-refractivity contribution in [2.24, 2.45) is 0 Å². The average Bonchev–Trinajstić information content (AvgIpc) is 3.00. The molecule has 2 aromatic rings. The molecule has 2 aromatic carbocycles. The van der Waals surface area contributed by atoms with Crippen molar-refractivity contribution in [1.82, 2.24) is 5.32 Å². The lowest BCUT2D eigenvalue weighted by Gasteiger charge is -2.14. The van der Waals surface area contributed by atoms with Crippen LogP contribution in [0.4, 0.5) is 17.6 Å². The van der Waals surface area contributed by atoms with Crippen LogP contribution in [-0.4, -0.2) is 5.91 Å². The van der Waals surface area contributed by atoms with Crippen LogP contribution in [0.1, 0.15) is 39.0 Å². The van der Waals surface area contributed by atoms with Crippen LogP contribution in [0.5, 0.6) is 0 Å². The smallest absolute Gasteiger partial charge is 0.348 e. The zero-order valence-electron chi connectivity index (χ0n) is 12.7. The standard InChI is InChI=1S/C18H15F4NO/c19-15-7-6-14(16(9-15)18(20,21)22)10-23-17(24)13-5-4-11-2-1-3-12(11)8-13/h4-9H,1-3,10H2,(H,23,24). The number of carbonyl (C=O) groups excluding carboxylic acids is 1. The van der Waals surface area contributed by atoms with E-state index in [2.05, 4.69) is 5.32 Å². The molecular weight excluding hydrogens is 322 g/mol. The third kappa shape index (κ3) is 3.42. The van der Waals surface area contributed by atoms with Crippen LogP contribution in [0, 0.1) is 5.82 Å². The molecule has 0 aliphatic heterocycles. The Hall–Kier alpha value is -2.37. The maximum absolute atomic E-state index is 13.1. The quantitative estimate of drug-likeness (QED) is 0.833. The molecular formula is C18H15F4NO. The van der Waals surface area contributed by atoms with Crippen LogP contribution < -0.4 is 5.32 Å². The molecule has 0 fully saturated rings. The Morgan fingerprint density at radius 1 is 1.04 bits per heavy atom. The number of halogens is 4.